The van der Waals surface area contributed by atoms with Crippen LogP contribution in [0.15, 0.2) is 6.07 Å². The van der Waals surface area contributed by atoms with Gasteiger partial charge >= 0.3 is 0 Å². The van der Waals surface area contributed by atoms with Crippen molar-refractivity contribution >= 4 is 0 Å². The van der Waals surface area contributed by atoms with Crippen LogP contribution in [0.3, 0.4) is 0 Å². The molecule has 0 spiro atoms. The van der Waals surface area contributed by atoms with E-state index in [2.05, 4.69) is 52.3 Å². The lowest BCUT2D eigenvalue weighted by Crippen LogP contribution is -2.38. The van der Waals surface area contributed by atoms with Crippen LogP contribution in [0.1, 0.15) is 71.8 Å². The van der Waals surface area contributed by atoms with Crippen LogP contribution in [-0.4, -0.2) is 40.7 Å². The minimum atomic E-state index is -2.24. The van der Waals surface area contributed by atoms with Gasteiger partial charge in [-0.3, -0.25) is 9.58 Å². The van der Waals surface area contributed by atoms with Crippen molar-refractivity contribution in [2.75, 3.05) is 19.6 Å². The van der Waals surface area contributed by atoms with E-state index in [1.165, 1.54) is 5.69 Å². The van der Waals surface area contributed by atoms with Crippen LogP contribution in [-0.2, 0) is 10.8 Å². The molecule has 2 rings (SSSR count). The van der Waals surface area contributed by atoms with Crippen molar-refractivity contribution < 1.29 is 8.78 Å². The van der Waals surface area contributed by atoms with Gasteiger partial charge in [-0.25, -0.2) is 8.78 Å². The summed E-state index contributed by atoms with van der Waals surface area (Å²) in [6.45, 7) is 14.5. The Morgan fingerprint density at radius 1 is 1.09 bits per heavy atom. The molecule has 2 heterocycles. The van der Waals surface area contributed by atoms with Crippen molar-refractivity contribution in [1.29, 1.82) is 0 Å². The zero-order chi connectivity index (χ0) is 17.4. The number of rotatable bonds is 3. The Morgan fingerprint density at radius 2 is 1.65 bits per heavy atom. The van der Waals surface area contributed by atoms with Crippen LogP contribution < -0.4 is 0 Å². The maximum absolute atomic E-state index is 12.5. The predicted molar refractivity (Wildman–Crippen MR) is 90.3 cm³/mol. The predicted octanol–water partition coefficient (Wildman–Crippen LogP) is 4.38. The SMILES string of the molecule is CC(C)(C)c1cc(C(C)(C)C)n(C2CCN(CC(F)F)CC2)n1. The smallest absolute Gasteiger partial charge is 0.251 e. The van der Waals surface area contributed by atoms with E-state index in [-0.39, 0.29) is 17.4 Å². The summed E-state index contributed by atoms with van der Waals surface area (Å²) in [4.78, 5) is 1.87. The Bertz CT molecular complexity index is 515. The van der Waals surface area contributed by atoms with Gasteiger partial charge in [0.2, 0.25) is 0 Å². The lowest BCUT2D eigenvalue weighted by atomic mass is 9.87. The Morgan fingerprint density at radius 3 is 2.09 bits per heavy atom. The van der Waals surface area contributed by atoms with Gasteiger partial charge in [-0.05, 0) is 18.9 Å². The van der Waals surface area contributed by atoms with Gasteiger partial charge < -0.3 is 0 Å². The average Bonchev–Trinajstić information content (AvgIpc) is 2.83. The number of likely N-dealkylation sites (tertiary alicyclic amines) is 1. The van der Waals surface area contributed by atoms with E-state index in [4.69, 9.17) is 5.10 Å². The maximum atomic E-state index is 12.5. The summed E-state index contributed by atoms with van der Waals surface area (Å²) in [5.74, 6) is 0. The minimum Gasteiger partial charge on any atom is -0.298 e. The molecule has 0 aromatic carbocycles. The zero-order valence-corrected chi connectivity index (χ0v) is 15.4. The number of hydrogen-bond acceptors (Lipinski definition) is 2. The molecule has 132 valence electrons. The molecule has 3 nitrogen and oxygen atoms in total. The fourth-order valence-corrected chi connectivity index (χ4v) is 3.14. The van der Waals surface area contributed by atoms with Gasteiger partial charge in [0.1, 0.15) is 0 Å². The Labute approximate surface area is 139 Å². The first-order valence-corrected chi connectivity index (χ1v) is 8.59. The summed E-state index contributed by atoms with van der Waals surface area (Å²) in [6.07, 6.45) is -0.462. The van der Waals surface area contributed by atoms with Crippen LogP contribution in [0.4, 0.5) is 8.78 Å². The lowest BCUT2D eigenvalue weighted by molar-refractivity contribution is 0.0683. The molecule has 0 unspecified atom stereocenters. The first kappa shape index (κ1) is 18.4. The van der Waals surface area contributed by atoms with E-state index in [0.717, 1.165) is 31.6 Å². The molecule has 0 bridgehead atoms. The van der Waals surface area contributed by atoms with Crippen LogP contribution in [0.25, 0.3) is 0 Å². The maximum Gasteiger partial charge on any atom is 0.251 e. The number of alkyl halides is 2. The van der Waals surface area contributed by atoms with Gasteiger partial charge in [0.15, 0.2) is 0 Å². The molecule has 0 N–H and O–H groups in total. The van der Waals surface area contributed by atoms with Gasteiger partial charge in [0.05, 0.1) is 18.3 Å². The fraction of sp³-hybridized carbons (Fsp3) is 0.833. The molecule has 23 heavy (non-hydrogen) atoms. The number of piperidine rings is 1. The third-order valence-electron chi connectivity index (χ3n) is 4.57. The summed E-state index contributed by atoms with van der Waals surface area (Å²) >= 11 is 0. The average molecular weight is 327 g/mol. The first-order chi connectivity index (χ1) is 10.5. The van der Waals surface area contributed by atoms with E-state index in [1.807, 2.05) is 4.90 Å². The molecule has 0 amide bonds. The Hall–Kier alpha value is -0.970. The van der Waals surface area contributed by atoms with Crippen molar-refractivity contribution in [2.45, 2.75) is 77.7 Å². The van der Waals surface area contributed by atoms with Crippen molar-refractivity contribution in [2.24, 2.45) is 0 Å². The lowest BCUT2D eigenvalue weighted by Gasteiger charge is -2.34. The summed E-state index contributed by atoms with van der Waals surface area (Å²) in [6, 6.07) is 2.54. The number of nitrogens with zero attached hydrogens (tertiary/aromatic N) is 3. The largest absolute Gasteiger partial charge is 0.298 e. The fourth-order valence-electron chi connectivity index (χ4n) is 3.14. The van der Waals surface area contributed by atoms with Crippen LogP contribution in [0.5, 0.6) is 0 Å². The molecule has 1 saturated heterocycles. The molecule has 0 radical (unpaired) electrons. The highest BCUT2D eigenvalue weighted by atomic mass is 19.3. The molecular weight excluding hydrogens is 296 g/mol. The second kappa shape index (κ2) is 6.50. The Kier molecular flexibility index (Phi) is 5.19. The van der Waals surface area contributed by atoms with E-state index in [0.29, 0.717) is 6.04 Å². The normalized spacial score (nSPS) is 18.8. The molecule has 0 atom stereocenters. The zero-order valence-electron chi connectivity index (χ0n) is 15.4. The molecule has 5 heteroatoms. The summed E-state index contributed by atoms with van der Waals surface area (Å²) in [7, 11) is 0. The second-order valence-corrected chi connectivity index (χ2v) is 8.78. The van der Waals surface area contributed by atoms with E-state index in [1.54, 1.807) is 0 Å². The highest BCUT2D eigenvalue weighted by Gasteiger charge is 2.30. The van der Waals surface area contributed by atoms with Gasteiger partial charge in [0.25, 0.3) is 6.43 Å². The third kappa shape index (κ3) is 4.52. The van der Waals surface area contributed by atoms with Gasteiger partial charge in [-0.2, -0.15) is 5.10 Å². The van der Waals surface area contributed by atoms with E-state index < -0.39 is 6.43 Å². The minimum absolute atomic E-state index is 0.0155. The number of aromatic nitrogens is 2. The number of halogens is 2. The molecule has 1 fully saturated rings. The van der Waals surface area contributed by atoms with Crippen molar-refractivity contribution in [3.8, 4) is 0 Å². The molecule has 0 aliphatic carbocycles. The standard InChI is InChI=1S/C18H31F2N3/c1-17(2,3)14-11-15(18(4,5)6)23(21-14)13-7-9-22(10-8-13)12-16(19)20/h11,13,16H,7-10,12H2,1-6H3. The van der Waals surface area contributed by atoms with Crippen LogP contribution in [0, 0.1) is 0 Å². The van der Waals surface area contributed by atoms with Gasteiger partial charge in [-0.15, -0.1) is 0 Å². The molecule has 1 aliphatic heterocycles. The van der Waals surface area contributed by atoms with Crippen molar-refractivity contribution in [3.63, 3.8) is 0 Å². The second-order valence-electron chi connectivity index (χ2n) is 8.78. The van der Waals surface area contributed by atoms with Gasteiger partial charge in [-0.1, -0.05) is 41.5 Å². The Balaban J connectivity index is 2.21. The van der Waals surface area contributed by atoms with E-state index >= 15 is 0 Å². The summed E-state index contributed by atoms with van der Waals surface area (Å²) in [5.41, 5.74) is 2.39. The molecule has 1 aromatic heterocycles. The van der Waals surface area contributed by atoms with Gasteiger partial charge in [0, 0.05) is 29.6 Å². The molecular formula is C18H31F2N3. The molecule has 1 aromatic rings. The summed E-state index contributed by atoms with van der Waals surface area (Å²) < 4.78 is 27.3. The molecule has 1 aliphatic rings. The van der Waals surface area contributed by atoms with Crippen LogP contribution >= 0.6 is 0 Å². The monoisotopic (exact) mass is 327 g/mol. The number of hydrogen-bond donors (Lipinski definition) is 0. The van der Waals surface area contributed by atoms with Crippen molar-refractivity contribution in [3.05, 3.63) is 17.5 Å². The van der Waals surface area contributed by atoms with Crippen molar-refractivity contribution in [1.82, 2.24) is 14.7 Å². The topological polar surface area (TPSA) is 21.1 Å². The third-order valence-corrected chi connectivity index (χ3v) is 4.57. The molecule has 0 saturated carbocycles. The summed E-state index contributed by atoms with van der Waals surface area (Å²) in [5, 5.41) is 4.91. The first-order valence-electron chi connectivity index (χ1n) is 8.59. The van der Waals surface area contributed by atoms with Crippen LogP contribution in [0.2, 0.25) is 0 Å². The highest BCUT2D eigenvalue weighted by Crippen LogP contribution is 2.33. The van der Waals surface area contributed by atoms with E-state index in [9.17, 15) is 8.78 Å². The highest BCUT2D eigenvalue weighted by molar-refractivity contribution is 5.23. The quantitative estimate of drug-likeness (QED) is 0.821.